The van der Waals surface area contributed by atoms with Crippen molar-refractivity contribution in [2.24, 2.45) is 0 Å². The quantitative estimate of drug-likeness (QED) is 0.592. The van der Waals surface area contributed by atoms with Crippen molar-refractivity contribution in [1.29, 1.82) is 0 Å². The number of H-pyrrole nitrogens is 1. The summed E-state index contributed by atoms with van der Waals surface area (Å²) >= 11 is 5.69. The summed E-state index contributed by atoms with van der Waals surface area (Å²) in [4.78, 5) is 27.6. The molecule has 0 saturated carbocycles. The Morgan fingerprint density at radius 1 is 1.44 bits per heavy atom. The topological polar surface area (TPSA) is 89.9 Å². The van der Waals surface area contributed by atoms with Crippen LogP contribution in [-0.4, -0.2) is 19.7 Å². The fourth-order valence-electron chi connectivity index (χ4n) is 2.08. The van der Waals surface area contributed by atoms with Gasteiger partial charge in [0.05, 0.1) is 12.9 Å². The standard InChI is InChI=1S/C16H14ClF3N4O3/c1-3-5-10(4-2)27-12-13(16(18,19)20)21-8-24(15(12)26)7-9-6-11(17)22-23-14(9)25/h4-6,8H,2-3,7H2,1H3,(H,23,25)/b10-5+. The largest absolute Gasteiger partial charge is 0.450 e. The van der Waals surface area contributed by atoms with Crippen LogP contribution in [0.25, 0.3) is 0 Å². The molecule has 0 radical (unpaired) electrons. The van der Waals surface area contributed by atoms with Gasteiger partial charge in [-0.3, -0.25) is 14.2 Å². The minimum absolute atomic E-state index is 0.0117. The average Bonchev–Trinajstić information content (AvgIpc) is 2.59. The highest BCUT2D eigenvalue weighted by molar-refractivity contribution is 6.29. The van der Waals surface area contributed by atoms with Crippen LogP contribution in [0, 0.1) is 0 Å². The first-order chi connectivity index (χ1) is 12.7. The number of rotatable bonds is 6. The Bertz CT molecular complexity index is 996. The lowest BCUT2D eigenvalue weighted by Gasteiger charge is -2.14. The number of alkyl halides is 3. The first-order valence-electron chi connectivity index (χ1n) is 7.58. The number of hydrogen-bond acceptors (Lipinski definition) is 5. The minimum Gasteiger partial charge on any atom is -0.450 e. The SMILES string of the molecule is C=C/C(=C\CC)Oc1c(C(F)(F)F)ncn(Cc2cc(Cl)n[nH]c2=O)c1=O. The molecule has 0 aromatic carbocycles. The van der Waals surface area contributed by atoms with E-state index in [0.29, 0.717) is 12.7 Å². The molecule has 2 rings (SSSR count). The second-order valence-electron chi connectivity index (χ2n) is 5.22. The van der Waals surface area contributed by atoms with Crippen molar-refractivity contribution in [2.75, 3.05) is 0 Å². The van der Waals surface area contributed by atoms with Gasteiger partial charge in [0.1, 0.15) is 10.9 Å². The van der Waals surface area contributed by atoms with E-state index in [2.05, 4.69) is 21.8 Å². The van der Waals surface area contributed by atoms with Crippen LogP contribution in [0.4, 0.5) is 13.2 Å². The van der Waals surface area contributed by atoms with Gasteiger partial charge in [-0.05, 0) is 24.6 Å². The second-order valence-corrected chi connectivity index (χ2v) is 5.61. The molecule has 0 spiro atoms. The summed E-state index contributed by atoms with van der Waals surface area (Å²) < 4.78 is 45.6. The molecule has 11 heteroatoms. The summed E-state index contributed by atoms with van der Waals surface area (Å²) in [5.74, 6) is -1.04. The highest BCUT2D eigenvalue weighted by Crippen LogP contribution is 2.33. The Labute approximate surface area is 155 Å². The van der Waals surface area contributed by atoms with E-state index < -0.39 is 28.7 Å². The molecule has 0 atom stereocenters. The van der Waals surface area contributed by atoms with Crippen molar-refractivity contribution in [2.45, 2.75) is 26.1 Å². The lowest BCUT2D eigenvalue weighted by molar-refractivity contribution is -0.142. The molecule has 0 unspecified atom stereocenters. The average molecular weight is 403 g/mol. The van der Waals surface area contributed by atoms with E-state index in [1.54, 1.807) is 6.92 Å². The Balaban J connectivity index is 2.59. The Kier molecular flexibility index (Phi) is 6.21. The zero-order chi connectivity index (χ0) is 20.2. The van der Waals surface area contributed by atoms with E-state index >= 15 is 0 Å². The van der Waals surface area contributed by atoms with Crippen LogP contribution in [0.3, 0.4) is 0 Å². The number of nitrogens with zero attached hydrogens (tertiary/aromatic N) is 3. The normalized spacial score (nSPS) is 12.1. The number of aromatic nitrogens is 4. The first-order valence-corrected chi connectivity index (χ1v) is 7.96. The highest BCUT2D eigenvalue weighted by Gasteiger charge is 2.38. The number of nitrogens with one attached hydrogen (secondary N) is 1. The van der Waals surface area contributed by atoms with Gasteiger partial charge in [0.2, 0.25) is 5.75 Å². The van der Waals surface area contributed by atoms with E-state index in [9.17, 15) is 22.8 Å². The fourth-order valence-corrected chi connectivity index (χ4v) is 2.25. The van der Waals surface area contributed by atoms with Crippen LogP contribution in [0.2, 0.25) is 5.15 Å². The third-order valence-electron chi connectivity index (χ3n) is 3.28. The summed E-state index contributed by atoms with van der Waals surface area (Å²) in [6.07, 6.45) is -1.15. The maximum absolute atomic E-state index is 13.2. The maximum Gasteiger partial charge on any atom is 0.437 e. The molecule has 0 aliphatic rings. The molecule has 7 nitrogen and oxygen atoms in total. The smallest absolute Gasteiger partial charge is 0.437 e. The molecular formula is C16H14ClF3N4O3. The number of aromatic amines is 1. The predicted molar refractivity (Wildman–Crippen MR) is 91.7 cm³/mol. The highest BCUT2D eigenvalue weighted by atomic mass is 35.5. The Morgan fingerprint density at radius 2 is 2.15 bits per heavy atom. The lowest BCUT2D eigenvalue weighted by Crippen LogP contribution is -2.29. The summed E-state index contributed by atoms with van der Waals surface area (Å²) in [6.45, 7) is 4.80. The number of halogens is 4. The molecule has 2 heterocycles. The van der Waals surface area contributed by atoms with Crippen LogP contribution < -0.4 is 15.9 Å². The molecule has 0 bridgehead atoms. The van der Waals surface area contributed by atoms with Gasteiger partial charge < -0.3 is 4.74 Å². The van der Waals surface area contributed by atoms with Crippen LogP contribution in [0.5, 0.6) is 5.75 Å². The van der Waals surface area contributed by atoms with Crippen LogP contribution >= 0.6 is 11.6 Å². The van der Waals surface area contributed by atoms with Crippen molar-refractivity contribution in [1.82, 2.24) is 19.7 Å². The molecule has 0 saturated heterocycles. The molecule has 27 heavy (non-hydrogen) atoms. The Hall–Kier alpha value is -2.88. The molecule has 0 amide bonds. The molecule has 0 aliphatic carbocycles. The van der Waals surface area contributed by atoms with E-state index in [1.165, 1.54) is 18.2 Å². The predicted octanol–water partition coefficient (Wildman–Crippen LogP) is 2.91. The van der Waals surface area contributed by atoms with E-state index in [0.717, 1.165) is 4.57 Å². The molecule has 2 aromatic heterocycles. The minimum atomic E-state index is -4.91. The van der Waals surface area contributed by atoms with Gasteiger partial charge in [0, 0.05) is 5.56 Å². The number of ether oxygens (including phenoxy) is 1. The molecule has 0 fully saturated rings. The third-order valence-corrected chi connectivity index (χ3v) is 3.47. The molecule has 144 valence electrons. The summed E-state index contributed by atoms with van der Waals surface area (Å²) in [5, 5.41) is 5.53. The van der Waals surface area contributed by atoms with Gasteiger partial charge in [-0.1, -0.05) is 25.1 Å². The monoisotopic (exact) mass is 402 g/mol. The molecule has 2 aromatic rings. The van der Waals surface area contributed by atoms with Gasteiger partial charge in [-0.15, -0.1) is 0 Å². The van der Waals surface area contributed by atoms with Crippen molar-refractivity contribution in [3.63, 3.8) is 0 Å². The summed E-state index contributed by atoms with van der Waals surface area (Å²) in [5.41, 5.74) is -3.23. The lowest BCUT2D eigenvalue weighted by atomic mass is 10.3. The van der Waals surface area contributed by atoms with E-state index in [-0.39, 0.29) is 23.0 Å². The van der Waals surface area contributed by atoms with Gasteiger partial charge in [0.15, 0.2) is 5.69 Å². The molecular weight excluding hydrogens is 389 g/mol. The van der Waals surface area contributed by atoms with Crippen LogP contribution in [0.1, 0.15) is 24.6 Å². The zero-order valence-corrected chi connectivity index (χ0v) is 14.8. The van der Waals surface area contributed by atoms with Crippen LogP contribution in [-0.2, 0) is 12.7 Å². The molecule has 1 N–H and O–H groups in total. The third kappa shape index (κ3) is 4.85. The number of hydrogen-bond donors (Lipinski definition) is 1. The van der Waals surface area contributed by atoms with Crippen molar-refractivity contribution < 1.29 is 17.9 Å². The van der Waals surface area contributed by atoms with E-state index in [1.807, 2.05) is 0 Å². The second kappa shape index (κ2) is 8.21. The van der Waals surface area contributed by atoms with Crippen molar-refractivity contribution in [3.8, 4) is 5.75 Å². The summed E-state index contributed by atoms with van der Waals surface area (Å²) in [7, 11) is 0. The first kappa shape index (κ1) is 20.4. The summed E-state index contributed by atoms with van der Waals surface area (Å²) in [6, 6.07) is 1.19. The van der Waals surface area contributed by atoms with Crippen LogP contribution in [0.15, 0.2) is 46.5 Å². The van der Waals surface area contributed by atoms with Gasteiger partial charge in [-0.25, -0.2) is 10.1 Å². The van der Waals surface area contributed by atoms with Gasteiger partial charge in [0.25, 0.3) is 11.1 Å². The van der Waals surface area contributed by atoms with Crippen molar-refractivity contribution >= 4 is 11.6 Å². The Morgan fingerprint density at radius 3 is 2.74 bits per heavy atom. The van der Waals surface area contributed by atoms with Crippen molar-refractivity contribution in [3.05, 3.63) is 74.0 Å². The van der Waals surface area contributed by atoms with Gasteiger partial charge in [-0.2, -0.15) is 18.3 Å². The van der Waals surface area contributed by atoms with E-state index in [4.69, 9.17) is 16.3 Å². The van der Waals surface area contributed by atoms with Gasteiger partial charge >= 0.3 is 6.18 Å². The number of allylic oxidation sites excluding steroid dienone is 2. The maximum atomic E-state index is 13.2. The molecule has 0 aliphatic heterocycles. The fraction of sp³-hybridized carbons (Fsp3) is 0.250. The zero-order valence-electron chi connectivity index (χ0n) is 14.0.